The SMILES string of the molecule is COC(=O)C/C=C/c1cc(NS(=O)(=O)CC[Si](C)(C)C)ccc1NS(=O)(=O)CC[Si](C)(C)C. The minimum absolute atomic E-state index is 0.00444. The van der Waals surface area contributed by atoms with Gasteiger partial charge in [-0.25, -0.2) is 16.8 Å². The van der Waals surface area contributed by atoms with Crippen molar-refractivity contribution in [3.8, 4) is 0 Å². The zero-order valence-electron chi connectivity index (χ0n) is 20.7. The van der Waals surface area contributed by atoms with Crippen LogP contribution in [0.4, 0.5) is 11.4 Å². The first kappa shape index (κ1) is 29.4. The van der Waals surface area contributed by atoms with Crippen molar-refractivity contribution in [3.05, 3.63) is 29.8 Å². The Balaban J connectivity index is 3.18. The summed E-state index contributed by atoms with van der Waals surface area (Å²) in [5.41, 5.74) is 1.09. The van der Waals surface area contributed by atoms with Crippen LogP contribution >= 0.6 is 0 Å². The third-order valence-corrected chi connectivity index (χ3v) is 11.4. The standard InChI is InChI=1S/C21H38N2O6S2Si2/c1-29-21(24)10-8-9-18-17-19(22-30(25,26)13-15-32(2,3)4)11-12-20(18)23-31(27,28)14-16-33(5,6)7/h8-9,11-12,17,22-23H,10,13-16H2,1-7H3/b9-8+. The molecule has 12 heteroatoms. The zero-order valence-corrected chi connectivity index (χ0v) is 24.3. The number of nitrogens with one attached hydrogen (secondary N) is 2. The van der Waals surface area contributed by atoms with Gasteiger partial charge in [0.1, 0.15) is 0 Å². The third kappa shape index (κ3) is 13.0. The van der Waals surface area contributed by atoms with Crippen LogP contribution in [-0.4, -0.2) is 57.6 Å². The monoisotopic (exact) mass is 534 g/mol. The van der Waals surface area contributed by atoms with Crippen LogP contribution in [-0.2, 0) is 29.6 Å². The van der Waals surface area contributed by atoms with Crippen molar-refractivity contribution in [1.29, 1.82) is 0 Å². The third-order valence-electron chi connectivity index (χ3n) is 4.64. The van der Waals surface area contributed by atoms with Crippen molar-refractivity contribution in [3.63, 3.8) is 0 Å². The molecule has 8 nitrogen and oxygen atoms in total. The summed E-state index contributed by atoms with van der Waals surface area (Å²) in [7, 11) is -8.93. The van der Waals surface area contributed by atoms with Gasteiger partial charge in [0.05, 0.1) is 30.7 Å². The van der Waals surface area contributed by atoms with Gasteiger partial charge in [-0.1, -0.05) is 51.4 Å². The van der Waals surface area contributed by atoms with E-state index < -0.39 is 42.2 Å². The maximum Gasteiger partial charge on any atom is 0.309 e. The lowest BCUT2D eigenvalue weighted by Gasteiger charge is -2.18. The molecule has 0 aromatic heterocycles. The molecule has 1 aromatic carbocycles. The molecule has 33 heavy (non-hydrogen) atoms. The molecular formula is C21H38N2O6S2Si2. The lowest BCUT2D eigenvalue weighted by molar-refractivity contribution is -0.139. The normalized spacial score (nSPS) is 13.2. The molecule has 0 heterocycles. The molecule has 0 aliphatic heterocycles. The number of rotatable bonds is 13. The maximum absolute atomic E-state index is 12.6. The molecule has 0 amide bonds. The van der Waals surface area contributed by atoms with Crippen molar-refractivity contribution in [1.82, 2.24) is 0 Å². The fraction of sp³-hybridized carbons (Fsp3) is 0.571. The molecule has 0 aliphatic rings. The van der Waals surface area contributed by atoms with Gasteiger partial charge in [-0.2, -0.15) is 0 Å². The number of benzene rings is 1. The topological polar surface area (TPSA) is 119 Å². The van der Waals surface area contributed by atoms with Crippen molar-refractivity contribution < 1.29 is 26.4 Å². The first-order chi connectivity index (χ1) is 14.9. The minimum atomic E-state index is -3.58. The smallest absolute Gasteiger partial charge is 0.309 e. The highest BCUT2D eigenvalue weighted by molar-refractivity contribution is 7.93. The highest BCUT2D eigenvalue weighted by Crippen LogP contribution is 2.25. The largest absolute Gasteiger partial charge is 0.469 e. The predicted octanol–water partition coefficient (Wildman–Crippen LogP) is 4.42. The summed E-state index contributed by atoms with van der Waals surface area (Å²) >= 11 is 0. The Morgan fingerprint density at radius 3 is 1.91 bits per heavy atom. The molecule has 1 rings (SSSR count). The summed E-state index contributed by atoms with van der Waals surface area (Å²) < 4.78 is 60.1. The molecule has 188 valence electrons. The number of esters is 1. The van der Waals surface area contributed by atoms with Crippen LogP contribution in [0.2, 0.25) is 51.4 Å². The number of methoxy groups -OCH3 is 1. The lowest BCUT2D eigenvalue weighted by atomic mass is 10.1. The summed E-state index contributed by atoms with van der Waals surface area (Å²) in [4.78, 5) is 11.4. The van der Waals surface area contributed by atoms with Crippen molar-refractivity contribution >= 4 is 59.6 Å². The second-order valence-electron chi connectivity index (χ2n) is 10.4. The van der Waals surface area contributed by atoms with Crippen LogP contribution in [0.15, 0.2) is 24.3 Å². The van der Waals surface area contributed by atoms with Gasteiger partial charge in [0.25, 0.3) is 0 Å². The average molecular weight is 535 g/mol. The number of hydrogen-bond donors (Lipinski definition) is 2. The Morgan fingerprint density at radius 1 is 0.909 bits per heavy atom. The van der Waals surface area contributed by atoms with Crippen molar-refractivity contribution in [2.75, 3.05) is 28.1 Å². The maximum atomic E-state index is 12.6. The Kier molecular flexibility index (Phi) is 10.4. The number of carbonyl (C=O) groups is 1. The van der Waals surface area contributed by atoms with E-state index in [-0.39, 0.29) is 17.9 Å². The van der Waals surface area contributed by atoms with Gasteiger partial charge < -0.3 is 4.74 Å². The fourth-order valence-electron chi connectivity index (χ4n) is 2.55. The van der Waals surface area contributed by atoms with Gasteiger partial charge >= 0.3 is 5.97 Å². The van der Waals surface area contributed by atoms with E-state index in [1.54, 1.807) is 18.2 Å². The second-order valence-corrected chi connectivity index (χ2v) is 25.4. The second kappa shape index (κ2) is 11.7. The molecule has 1 aromatic rings. The van der Waals surface area contributed by atoms with Gasteiger partial charge in [0.15, 0.2) is 0 Å². The van der Waals surface area contributed by atoms with Crippen LogP contribution in [0.1, 0.15) is 12.0 Å². The van der Waals surface area contributed by atoms with Gasteiger partial charge in [-0.3, -0.25) is 14.2 Å². The molecule has 0 radical (unpaired) electrons. The van der Waals surface area contributed by atoms with Crippen molar-refractivity contribution in [2.45, 2.75) is 57.8 Å². The molecule has 0 saturated carbocycles. The minimum Gasteiger partial charge on any atom is -0.469 e. The molecule has 0 unspecified atom stereocenters. The van der Waals surface area contributed by atoms with E-state index in [9.17, 15) is 21.6 Å². The fourth-order valence-corrected chi connectivity index (χ4v) is 10.8. The number of hydrogen-bond acceptors (Lipinski definition) is 6. The van der Waals surface area contributed by atoms with Gasteiger partial charge in [-0.15, -0.1) is 0 Å². The number of anilines is 2. The van der Waals surface area contributed by atoms with E-state index in [0.717, 1.165) is 0 Å². The molecular weight excluding hydrogens is 497 g/mol. The summed E-state index contributed by atoms with van der Waals surface area (Å²) in [6.45, 7) is 12.6. The number of carbonyl (C=O) groups excluding carboxylic acids is 1. The molecule has 0 atom stereocenters. The molecule has 2 N–H and O–H groups in total. The number of sulfonamides is 2. The van der Waals surface area contributed by atoms with Gasteiger partial charge in [0, 0.05) is 27.4 Å². The average Bonchev–Trinajstić information content (AvgIpc) is 2.65. The first-order valence-corrected chi connectivity index (χ1v) is 21.5. The summed E-state index contributed by atoms with van der Waals surface area (Å²) in [6, 6.07) is 5.85. The quantitative estimate of drug-likeness (QED) is 0.286. The van der Waals surface area contributed by atoms with E-state index in [1.807, 2.05) is 0 Å². The van der Waals surface area contributed by atoms with Crippen LogP contribution in [0.3, 0.4) is 0 Å². The number of ether oxygens (including phenoxy) is 1. The van der Waals surface area contributed by atoms with Gasteiger partial charge in [-0.05, 0) is 30.3 Å². The molecule has 0 fully saturated rings. The van der Waals surface area contributed by atoms with E-state index in [4.69, 9.17) is 0 Å². The predicted molar refractivity (Wildman–Crippen MR) is 143 cm³/mol. The molecule has 0 bridgehead atoms. The van der Waals surface area contributed by atoms with Crippen molar-refractivity contribution in [2.24, 2.45) is 0 Å². The van der Waals surface area contributed by atoms with Gasteiger partial charge in [0.2, 0.25) is 20.0 Å². The van der Waals surface area contributed by atoms with E-state index in [1.165, 1.54) is 19.2 Å². The molecule has 0 aliphatic carbocycles. The van der Waals surface area contributed by atoms with E-state index in [2.05, 4.69) is 53.5 Å². The van der Waals surface area contributed by atoms with Crippen LogP contribution < -0.4 is 9.44 Å². The van der Waals surface area contributed by atoms with E-state index in [0.29, 0.717) is 29.0 Å². The van der Waals surface area contributed by atoms with E-state index >= 15 is 0 Å². The molecule has 0 spiro atoms. The van der Waals surface area contributed by atoms with Crippen LogP contribution in [0, 0.1) is 0 Å². The summed E-state index contributed by atoms with van der Waals surface area (Å²) in [5.74, 6) is -0.396. The lowest BCUT2D eigenvalue weighted by Crippen LogP contribution is -2.27. The Bertz CT molecular complexity index is 1060. The summed E-state index contributed by atoms with van der Waals surface area (Å²) in [6.07, 6.45) is 3.13. The zero-order chi connectivity index (χ0) is 25.5. The Hall–Kier alpha value is -1.64. The highest BCUT2D eigenvalue weighted by Gasteiger charge is 2.21. The highest BCUT2D eigenvalue weighted by atomic mass is 32.2. The van der Waals surface area contributed by atoms with Crippen LogP contribution in [0.5, 0.6) is 0 Å². The summed E-state index contributed by atoms with van der Waals surface area (Å²) in [5, 5.41) is 0. The Labute approximate surface area is 201 Å². The Morgan fingerprint density at radius 2 is 1.42 bits per heavy atom. The van der Waals surface area contributed by atoms with Crippen LogP contribution in [0.25, 0.3) is 6.08 Å². The molecule has 0 saturated heterocycles. The first-order valence-electron chi connectivity index (χ1n) is 10.8.